The van der Waals surface area contributed by atoms with Crippen molar-refractivity contribution in [3.8, 4) is 16.9 Å². The van der Waals surface area contributed by atoms with Gasteiger partial charge in [-0.25, -0.2) is 0 Å². The molecule has 0 aliphatic rings. The Balaban J connectivity index is 2.62. The number of hydrogen-bond acceptors (Lipinski definition) is 2. The van der Waals surface area contributed by atoms with Crippen molar-refractivity contribution in [3.05, 3.63) is 46.4 Å². The molecule has 0 saturated carbocycles. The summed E-state index contributed by atoms with van der Waals surface area (Å²) in [5, 5.41) is 1.24. The Morgan fingerprint density at radius 1 is 0.941 bits per heavy atom. The van der Waals surface area contributed by atoms with Crippen LogP contribution in [-0.2, 0) is 0 Å². The molecule has 2 N–H and O–H groups in total. The van der Waals surface area contributed by atoms with Crippen LogP contribution in [0.4, 0.5) is 5.69 Å². The first kappa shape index (κ1) is 12.1. The van der Waals surface area contributed by atoms with Crippen LogP contribution in [0.5, 0.6) is 5.75 Å². The van der Waals surface area contributed by atoms with Crippen molar-refractivity contribution in [1.82, 2.24) is 0 Å². The van der Waals surface area contributed by atoms with E-state index in [0.717, 1.165) is 16.9 Å². The molecule has 0 aliphatic carbocycles. The van der Waals surface area contributed by atoms with Gasteiger partial charge < -0.3 is 10.5 Å². The topological polar surface area (TPSA) is 35.2 Å². The molecule has 17 heavy (non-hydrogen) atoms. The smallest absolute Gasteiger partial charge is 0.126 e. The lowest BCUT2D eigenvalue weighted by Crippen LogP contribution is -1.93. The predicted octanol–water partition coefficient (Wildman–Crippen LogP) is 4.25. The highest BCUT2D eigenvalue weighted by Gasteiger charge is 2.09. The molecule has 88 valence electrons. The van der Waals surface area contributed by atoms with Crippen LogP contribution < -0.4 is 10.5 Å². The largest absolute Gasteiger partial charge is 0.496 e. The third-order valence-corrected chi connectivity index (χ3v) is 2.94. The van der Waals surface area contributed by atoms with E-state index in [1.807, 2.05) is 18.2 Å². The number of anilines is 1. The Hall–Kier alpha value is -1.38. The molecule has 0 unspecified atom stereocenters. The second-order valence-corrected chi connectivity index (χ2v) is 4.45. The first-order valence-corrected chi connectivity index (χ1v) is 5.76. The molecule has 0 spiro atoms. The molecule has 2 nitrogen and oxygen atoms in total. The van der Waals surface area contributed by atoms with Gasteiger partial charge in [-0.3, -0.25) is 0 Å². The van der Waals surface area contributed by atoms with Crippen LogP contribution in [-0.4, -0.2) is 7.11 Å². The summed E-state index contributed by atoms with van der Waals surface area (Å²) < 4.78 is 5.29. The molecule has 2 rings (SSSR count). The van der Waals surface area contributed by atoms with Gasteiger partial charge in [0.05, 0.1) is 7.11 Å². The quantitative estimate of drug-likeness (QED) is 0.826. The summed E-state index contributed by atoms with van der Waals surface area (Å²) in [4.78, 5) is 0. The fourth-order valence-corrected chi connectivity index (χ4v) is 2.02. The molecule has 2 aromatic rings. The number of benzene rings is 2. The lowest BCUT2D eigenvalue weighted by atomic mass is 10.0. The number of nitrogen functional groups attached to an aromatic ring is 1. The summed E-state index contributed by atoms with van der Waals surface area (Å²) in [6, 6.07) is 10.7. The van der Waals surface area contributed by atoms with Gasteiger partial charge >= 0.3 is 0 Å². The summed E-state index contributed by atoms with van der Waals surface area (Å²) in [5.41, 5.74) is 8.25. The van der Waals surface area contributed by atoms with E-state index < -0.39 is 0 Å². The van der Waals surface area contributed by atoms with Gasteiger partial charge in [-0.2, -0.15) is 0 Å². The predicted molar refractivity (Wildman–Crippen MR) is 72.9 cm³/mol. The van der Waals surface area contributed by atoms with Crippen molar-refractivity contribution < 1.29 is 4.74 Å². The molecule has 0 amide bonds. The van der Waals surface area contributed by atoms with E-state index in [9.17, 15) is 0 Å². The number of methoxy groups -OCH3 is 1. The first-order chi connectivity index (χ1) is 8.11. The highest BCUT2D eigenvalue weighted by Crippen LogP contribution is 2.36. The van der Waals surface area contributed by atoms with Crippen LogP contribution in [0.3, 0.4) is 0 Å². The van der Waals surface area contributed by atoms with Crippen molar-refractivity contribution >= 4 is 28.9 Å². The third-order valence-electron chi connectivity index (χ3n) is 2.47. The van der Waals surface area contributed by atoms with Crippen LogP contribution in [0.2, 0.25) is 10.0 Å². The maximum absolute atomic E-state index is 5.98. The van der Waals surface area contributed by atoms with Gasteiger partial charge in [0, 0.05) is 26.9 Å². The van der Waals surface area contributed by atoms with Gasteiger partial charge in [-0.05, 0) is 30.3 Å². The van der Waals surface area contributed by atoms with Crippen molar-refractivity contribution in [1.29, 1.82) is 0 Å². The molecule has 0 bridgehead atoms. The zero-order chi connectivity index (χ0) is 12.4. The average molecular weight is 268 g/mol. The monoisotopic (exact) mass is 267 g/mol. The van der Waals surface area contributed by atoms with E-state index in [4.69, 9.17) is 33.7 Å². The summed E-state index contributed by atoms with van der Waals surface area (Å²) >= 11 is 11.9. The maximum Gasteiger partial charge on any atom is 0.126 e. The Morgan fingerprint density at radius 3 is 2.24 bits per heavy atom. The van der Waals surface area contributed by atoms with Crippen LogP contribution in [0.15, 0.2) is 36.4 Å². The van der Waals surface area contributed by atoms with Gasteiger partial charge in [0.25, 0.3) is 0 Å². The average Bonchev–Trinajstić information content (AvgIpc) is 2.29. The Bertz CT molecular complexity index is 555. The highest BCUT2D eigenvalue weighted by atomic mass is 35.5. The van der Waals surface area contributed by atoms with Crippen molar-refractivity contribution in [2.24, 2.45) is 0 Å². The van der Waals surface area contributed by atoms with Crippen molar-refractivity contribution in [2.75, 3.05) is 12.8 Å². The lowest BCUT2D eigenvalue weighted by Gasteiger charge is -2.11. The van der Waals surface area contributed by atoms with E-state index in [1.54, 1.807) is 25.3 Å². The van der Waals surface area contributed by atoms with Crippen LogP contribution in [0.1, 0.15) is 0 Å². The van der Waals surface area contributed by atoms with Crippen LogP contribution in [0.25, 0.3) is 11.1 Å². The standard InChI is InChI=1S/C13H11Cl2NO/c1-17-13-5-3-8(14)6-11(13)10-4-2-9(15)7-12(10)16/h2-7H,16H2,1H3. The highest BCUT2D eigenvalue weighted by molar-refractivity contribution is 6.31. The van der Waals surface area contributed by atoms with Crippen molar-refractivity contribution in [2.45, 2.75) is 0 Å². The number of halogens is 2. The number of rotatable bonds is 2. The normalized spacial score (nSPS) is 10.3. The van der Waals surface area contributed by atoms with E-state index in [0.29, 0.717) is 15.7 Å². The second-order valence-electron chi connectivity index (χ2n) is 3.58. The summed E-state index contributed by atoms with van der Waals surface area (Å²) in [6.07, 6.45) is 0. The van der Waals surface area contributed by atoms with E-state index in [-0.39, 0.29) is 0 Å². The van der Waals surface area contributed by atoms with E-state index in [2.05, 4.69) is 0 Å². The minimum atomic E-state index is 0.595. The molecule has 0 heterocycles. The molecule has 0 fully saturated rings. The minimum absolute atomic E-state index is 0.595. The van der Waals surface area contributed by atoms with Crippen LogP contribution in [0, 0.1) is 0 Å². The fourth-order valence-electron chi connectivity index (χ4n) is 1.67. The van der Waals surface area contributed by atoms with Gasteiger partial charge in [0.2, 0.25) is 0 Å². The lowest BCUT2D eigenvalue weighted by molar-refractivity contribution is 0.416. The second kappa shape index (κ2) is 4.86. The molecule has 0 atom stereocenters. The number of hydrogen-bond donors (Lipinski definition) is 1. The van der Waals surface area contributed by atoms with Gasteiger partial charge in [-0.1, -0.05) is 29.3 Å². The molecule has 2 aromatic carbocycles. The zero-order valence-corrected chi connectivity index (χ0v) is 10.7. The van der Waals surface area contributed by atoms with E-state index in [1.165, 1.54) is 0 Å². The zero-order valence-electron chi connectivity index (χ0n) is 9.21. The Morgan fingerprint density at radius 2 is 1.59 bits per heavy atom. The molecule has 4 heteroatoms. The number of nitrogens with two attached hydrogens (primary N) is 1. The third kappa shape index (κ3) is 2.48. The first-order valence-electron chi connectivity index (χ1n) is 5.01. The Kier molecular flexibility index (Phi) is 3.46. The molecular formula is C13H11Cl2NO. The van der Waals surface area contributed by atoms with Gasteiger partial charge in [-0.15, -0.1) is 0 Å². The summed E-state index contributed by atoms with van der Waals surface area (Å²) in [6.45, 7) is 0. The molecular weight excluding hydrogens is 257 g/mol. The number of ether oxygens (including phenoxy) is 1. The van der Waals surface area contributed by atoms with Crippen LogP contribution >= 0.6 is 23.2 Å². The van der Waals surface area contributed by atoms with Crippen molar-refractivity contribution in [3.63, 3.8) is 0 Å². The summed E-state index contributed by atoms with van der Waals surface area (Å²) in [7, 11) is 1.61. The summed E-state index contributed by atoms with van der Waals surface area (Å²) in [5.74, 6) is 0.725. The van der Waals surface area contributed by atoms with E-state index >= 15 is 0 Å². The fraction of sp³-hybridized carbons (Fsp3) is 0.0769. The SMILES string of the molecule is COc1ccc(Cl)cc1-c1ccc(Cl)cc1N. The minimum Gasteiger partial charge on any atom is -0.496 e. The molecule has 0 aliphatic heterocycles. The Labute approximate surface area is 110 Å². The maximum atomic E-state index is 5.98. The molecule has 0 aromatic heterocycles. The molecule has 0 radical (unpaired) electrons. The van der Waals surface area contributed by atoms with Gasteiger partial charge in [0.15, 0.2) is 0 Å². The van der Waals surface area contributed by atoms with Gasteiger partial charge in [0.1, 0.15) is 5.75 Å². The molecule has 0 saturated heterocycles.